The number of carboxylic acid groups (broad SMARTS) is 1. The molecule has 1 aliphatic heterocycles. The number of unbranched alkanes of at least 4 members (excludes halogenated alkanes) is 1. The van der Waals surface area contributed by atoms with E-state index >= 15 is 0 Å². The summed E-state index contributed by atoms with van der Waals surface area (Å²) in [7, 11) is 4.35. The molecule has 0 aliphatic carbocycles. The molecule has 0 atom stereocenters. The summed E-state index contributed by atoms with van der Waals surface area (Å²) in [6.07, 6.45) is 6.07. The van der Waals surface area contributed by atoms with Crippen molar-refractivity contribution in [2.75, 3.05) is 40.3 Å². The van der Waals surface area contributed by atoms with Gasteiger partial charge in [-0.3, -0.25) is 4.79 Å². The van der Waals surface area contributed by atoms with Gasteiger partial charge < -0.3 is 14.9 Å². The zero-order valence-corrected chi connectivity index (χ0v) is 11.9. The summed E-state index contributed by atoms with van der Waals surface area (Å²) < 4.78 is 0. The smallest absolute Gasteiger partial charge is 0.303 e. The molecule has 106 valence electrons. The largest absolute Gasteiger partial charge is 0.481 e. The van der Waals surface area contributed by atoms with Crippen molar-refractivity contribution >= 4 is 5.97 Å². The van der Waals surface area contributed by atoms with Crippen LogP contribution >= 0.6 is 0 Å². The molecule has 0 spiro atoms. The fourth-order valence-electron chi connectivity index (χ4n) is 2.52. The normalized spacial score (nSPS) is 18.4. The average Bonchev–Trinajstić information content (AvgIpc) is 2.34. The number of nitrogens with zero attached hydrogens (tertiary/aromatic N) is 2. The van der Waals surface area contributed by atoms with Crippen molar-refractivity contribution in [3.05, 3.63) is 0 Å². The Hall–Kier alpha value is -0.610. The van der Waals surface area contributed by atoms with Gasteiger partial charge in [-0.15, -0.1) is 0 Å². The summed E-state index contributed by atoms with van der Waals surface area (Å²) >= 11 is 0. The van der Waals surface area contributed by atoms with Crippen LogP contribution in [0.25, 0.3) is 0 Å². The third-order valence-corrected chi connectivity index (χ3v) is 3.94. The fourth-order valence-corrected chi connectivity index (χ4v) is 2.52. The first kappa shape index (κ1) is 15.4. The molecule has 18 heavy (non-hydrogen) atoms. The predicted octanol–water partition coefficient (Wildman–Crippen LogP) is 1.91. The number of hydrogen-bond donors (Lipinski definition) is 1. The summed E-state index contributed by atoms with van der Waals surface area (Å²) in [5.41, 5.74) is 0. The van der Waals surface area contributed by atoms with Gasteiger partial charge in [0.05, 0.1) is 0 Å². The van der Waals surface area contributed by atoms with Crippen LogP contribution in [0, 0.1) is 5.92 Å². The molecule has 1 heterocycles. The first-order valence-corrected chi connectivity index (χ1v) is 7.17. The molecule has 0 bridgehead atoms. The van der Waals surface area contributed by atoms with Crippen LogP contribution in [0.4, 0.5) is 0 Å². The Bertz CT molecular complexity index is 238. The molecule has 0 aromatic rings. The number of rotatable bonds is 8. The molecule has 0 saturated carbocycles. The van der Waals surface area contributed by atoms with E-state index in [-0.39, 0.29) is 0 Å². The van der Waals surface area contributed by atoms with Gasteiger partial charge in [0.25, 0.3) is 0 Å². The lowest BCUT2D eigenvalue weighted by molar-refractivity contribution is -0.137. The summed E-state index contributed by atoms with van der Waals surface area (Å²) in [5.74, 6) is 0.214. The Kier molecular flexibility index (Phi) is 7.28. The first-order valence-electron chi connectivity index (χ1n) is 7.17. The molecule has 4 heteroatoms. The van der Waals surface area contributed by atoms with E-state index in [1.54, 1.807) is 0 Å². The number of likely N-dealkylation sites (tertiary alicyclic amines) is 1. The van der Waals surface area contributed by atoms with E-state index in [1.165, 1.54) is 32.4 Å². The Morgan fingerprint density at radius 3 is 2.56 bits per heavy atom. The van der Waals surface area contributed by atoms with Crippen molar-refractivity contribution in [3.8, 4) is 0 Å². The number of carbonyl (C=O) groups is 1. The molecule has 0 unspecified atom stereocenters. The van der Waals surface area contributed by atoms with Crippen LogP contribution in [0.2, 0.25) is 0 Å². The van der Waals surface area contributed by atoms with Crippen LogP contribution in [-0.4, -0.2) is 61.2 Å². The number of aliphatic carboxylic acids is 1. The highest BCUT2D eigenvalue weighted by atomic mass is 16.4. The van der Waals surface area contributed by atoms with Gasteiger partial charge in [-0.05, 0) is 78.3 Å². The highest BCUT2D eigenvalue weighted by molar-refractivity contribution is 5.66. The van der Waals surface area contributed by atoms with Crippen LogP contribution in [-0.2, 0) is 4.79 Å². The predicted molar refractivity (Wildman–Crippen MR) is 73.8 cm³/mol. The maximum absolute atomic E-state index is 10.4. The van der Waals surface area contributed by atoms with E-state index in [0.717, 1.165) is 31.8 Å². The van der Waals surface area contributed by atoms with Gasteiger partial charge in [-0.2, -0.15) is 0 Å². The van der Waals surface area contributed by atoms with E-state index in [0.29, 0.717) is 6.42 Å². The lowest BCUT2D eigenvalue weighted by Gasteiger charge is -2.30. The van der Waals surface area contributed by atoms with Crippen molar-refractivity contribution in [2.45, 2.75) is 38.5 Å². The molecule has 0 aromatic carbocycles. The van der Waals surface area contributed by atoms with Gasteiger partial charge in [-0.25, -0.2) is 0 Å². The van der Waals surface area contributed by atoms with Crippen molar-refractivity contribution in [2.24, 2.45) is 5.92 Å². The highest BCUT2D eigenvalue weighted by Gasteiger charge is 2.16. The third-order valence-electron chi connectivity index (χ3n) is 3.94. The van der Waals surface area contributed by atoms with Crippen molar-refractivity contribution in [1.82, 2.24) is 9.80 Å². The third kappa shape index (κ3) is 6.97. The molecule has 1 fully saturated rings. The van der Waals surface area contributed by atoms with E-state index in [9.17, 15) is 4.79 Å². The fraction of sp³-hybridized carbons (Fsp3) is 0.929. The minimum absolute atomic E-state index is 0.308. The molecule has 0 radical (unpaired) electrons. The zero-order chi connectivity index (χ0) is 13.4. The van der Waals surface area contributed by atoms with Crippen molar-refractivity contribution in [3.63, 3.8) is 0 Å². The molecule has 1 saturated heterocycles. The molecule has 1 rings (SSSR count). The second-order valence-corrected chi connectivity index (χ2v) is 5.69. The van der Waals surface area contributed by atoms with Gasteiger partial charge in [0.1, 0.15) is 0 Å². The molecule has 4 nitrogen and oxygen atoms in total. The van der Waals surface area contributed by atoms with E-state index in [1.807, 2.05) is 0 Å². The van der Waals surface area contributed by atoms with Crippen molar-refractivity contribution < 1.29 is 9.90 Å². The second kappa shape index (κ2) is 8.48. The minimum atomic E-state index is -0.677. The molecule has 0 aromatic heterocycles. The number of carboxylic acids is 1. The Morgan fingerprint density at radius 2 is 1.94 bits per heavy atom. The van der Waals surface area contributed by atoms with E-state index in [2.05, 4.69) is 23.9 Å². The van der Waals surface area contributed by atoms with Gasteiger partial charge in [0.2, 0.25) is 0 Å². The molecular formula is C14H28N2O2. The molecule has 1 N–H and O–H groups in total. The SMILES string of the molecule is CN(CCCCC(=O)O)CCC1CCN(C)CC1. The number of piperidine rings is 1. The van der Waals surface area contributed by atoms with E-state index in [4.69, 9.17) is 5.11 Å². The first-order chi connectivity index (χ1) is 8.58. The second-order valence-electron chi connectivity index (χ2n) is 5.69. The van der Waals surface area contributed by atoms with Gasteiger partial charge in [-0.1, -0.05) is 0 Å². The van der Waals surface area contributed by atoms with E-state index < -0.39 is 5.97 Å². The summed E-state index contributed by atoms with van der Waals surface area (Å²) in [6.45, 7) is 4.67. The quantitative estimate of drug-likeness (QED) is 0.674. The summed E-state index contributed by atoms with van der Waals surface area (Å²) in [6, 6.07) is 0. The average molecular weight is 256 g/mol. The van der Waals surface area contributed by atoms with Gasteiger partial charge >= 0.3 is 5.97 Å². The van der Waals surface area contributed by atoms with Gasteiger partial charge in [0.15, 0.2) is 0 Å². The lowest BCUT2D eigenvalue weighted by Crippen LogP contribution is -2.32. The standard InChI is InChI=1S/C14H28N2O2/c1-15(9-4-3-5-14(17)18)10-6-13-7-11-16(2)12-8-13/h13H,3-12H2,1-2H3,(H,17,18). The van der Waals surface area contributed by atoms with Crippen LogP contribution in [0.3, 0.4) is 0 Å². The topological polar surface area (TPSA) is 43.8 Å². The Morgan fingerprint density at radius 1 is 1.28 bits per heavy atom. The van der Waals surface area contributed by atoms with Gasteiger partial charge in [0, 0.05) is 6.42 Å². The van der Waals surface area contributed by atoms with Crippen LogP contribution < -0.4 is 0 Å². The number of hydrogen-bond acceptors (Lipinski definition) is 3. The zero-order valence-electron chi connectivity index (χ0n) is 11.9. The Labute approximate surface area is 111 Å². The van der Waals surface area contributed by atoms with Crippen LogP contribution in [0.5, 0.6) is 0 Å². The maximum Gasteiger partial charge on any atom is 0.303 e. The Balaban J connectivity index is 1.99. The summed E-state index contributed by atoms with van der Waals surface area (Å²) in [5, 5.41) is 8.56. The molecular weight excluding hydrogens is 228 g/mol. The van der Waals surface area contributed by atoms with Crippen LogP contribution in [0.15, 0.2) is 0 Å². The monoisotopic (exact) mass is 256 g/mol. The highest BCUT2D eigenvalue weighted by Crippen LogP contribution is 2.19. The molecule has 0 amide bonds. The lowest BCUT2D eigenvalue weighted by atomic mass is 9.94. The molecule has 1 aliphatic rings. The minimum Gasteiger partial charge on any atom is -0.481 e. The van der Waals surface area contributed by atoms with Crippen LogP contribution in [0.1, 0.15) is 38.5 Å². The van der Waals surface area contributed by atoms with Crippen molar-refractivity contribution in [1.29, 1.82) is 0 Å². The summed E-state index contributed by atoms with van der Waals surface area (Å²) in [4.78, 5) is 15.1. The maximum atomic E-state index is 10.4.